The lowest BCUT2D eigenvalue weighted by Gasteiger charge is -2.04. The molecule has 1 heterocycles. The number of nitrogens with zero attached hydrogens (tertiary/aromatic N) is 2. The fourth-order valence-corrected chi connectivity index (χ4v) is 2.59. The third-order valence-electron chi connectivity index (χ3n) is 3.90. The van der Waals surface area contributed by atoms with Gasteiger partial charge in [0.25, 0.3) is 5.56 Å². The van der Waals surface area contributed by atoms with Crippen LogP contribution in [0.25, 0.3) is 5.69 Å². The van der Waals surface area contributed by atoms with Crippen LogP contribution in [0.2, 0.25) is 0 Å². The number of methoxy groups -OCH3 is 1. The van der Waals surface area contributed by atoms with E-state index in [0.29, 0.717) is 12.1 Å². The molecule has 1 amide bonds. The number of ether oxygens (including phenoxy) is 1. The molecule has 0 bridgehead atoms. The molecule has 2 N–H and O–H groups in total. The highest BCUT2D eigenvalue weighted by Gasteiger charge is 2.20. The van der Waals surface area contributed by atoms with Crippen LogP contribution < -0.4 is 11.0 Å². The molecule has 0 aliphatic carbocycles. The average Bonchev–Trinajstić information content (AvgIpc) is 2.95. The first-order valence-corrected chi connectivity index (χ1v) is 8.73. The Kier molecular flexibility index (Phi) is 6.86. The van der Waals surface area contributed by atoms with E-state index in [0.717, 1.165) is 0 Å². The van der Waals surface area contributed by atoms with E-state index in [4.69, 9.17) is 0 Å². The van der Waals surface area contributed by atoms with Gasteiger partial charge in [-0.05, 0) is 37.1 Å². The second kappa shape index (κ2) is 9.12. The summed E-state index contributed by atoms with van der Waals surface area (Å²) < 4.78 is 19.0. The van der Waals surface area contributed by atoms with Gasteiger partial charge in [-0.2, -0.15) is 5.10 Å². The van der Waals surface area contributed by atoms with Crippen molar-refractivity contribution in [3.63, 3.8) is 0 Å². The van der Waals surface area contributed by atoms with E-state index in [1.807, 2.05) is 13.8 Å². The fourth-order valence-electron chi connectivity index (χ4n) is 2.59. The standard InChI is InChI=1S/C19H23FN4O4/c1-11(2)9-16(25)22-21-12(3)18-15(10-17(26)28-4)23-24(19(18)27)14-7-5-13(20)6-8-14/h5-8,11,23H,9-10H2,1-4H3,(H,22,25)/b21-12+. The number of hydrogen-bond donors (Lipinski definition) is 2. The number of carbonyl (C=O) groups excluding carboxylic acids is 2. The molecule has 0 fully saturated rings. The van der Waals surface area contributed by atoms with Crippen LogP contribution in [0, 0.1) is 11.7 Å². The highest BCUT2D eigenvalue weighted by molar-refractivity contribution is 6.00. The molecule has 28 heavy (non-hydrogen) atoms. The Morgan fingerprint density at radius 2 is 1.93 bits per heavy atom. The summed E-state index contributed by atoms with van der Waals surface area (Å²) in [6.07, 6.45) is 0.0980. The number of amides is 1. The summed E-state index contributed by atoms with van der Waals surface area (Å²) in [5, 5.41) is 6.83. The monoisotopic (exact) mass is 390 g/mol. The van der Waals surface area contributed by atoms with E-state index in [-0.39, 0.29) is 35.2 Å². The van der Waals surface area contributed by atoms with Crippen molar-refractivity contribution < 1.29 is 18.7 Å². The van der Waals surface area contributed by atoms with E-state index in [9.17, 15) is 18.8 Å². The number of benzene rings is 1. The highest BCUT2D eigenvalue weighted by Crippen LogP contribution is 2.11. The van der Waals surface area contributed by atoms with E-state index < -0.39 is 17.3 Å². The molecule has 8 nitrogen and oxygen atoms in total. The van der Waals surface area contributed by atoms with Gasteiger partial charge in [0.05, 0.1) is 36.2 Å². The third-order valence-corrected chi connectivity index (χ3v) is 3.90. The van der Waals surface area contributed by atoms with Crippen LogP contribution >= 0.6 is 0 Å². The minimum Gasteiger partial charge on any atom is -0.469 e. The predicted octanol–water partition coefficient (Wildman–Crippen LogP) is 1.91. The van der Waals surface area contributed by atoms with E-state index in [2.05, 4.69) is 20.4 Å². The maximum absolute atomic E-state index is 13.2. The molecule has 0 saturated heterocycles. The lowest BCUT2D eigenvalue weighted by molar-refractivity contribution is -0.139. The smallest absolute Gasteiger partial charge is 0.311 e. The number of nitrogens with one attached hydrogen (secondary N) is 2. The zero-order valence-electron chi connectivity index (χ0n) is 16.2. The van der Waals surface area contributed by atoms with Crippen LogP contribution in [0.1, 0.15) is 38.4 Å². The normalized spacial score (nSPS) is 11.6. The summed E-state index contributed by atoms with van der Waals surface area (Å²) in [4.78, 5) is 36.5. The minimum absolute atomic E-state index is 0.138. The zero-order valence-corrected chi connectivity index (χ0v) is 16.2. The van der Waals surface area contributed by atoms with Crippen LogP contribution in [-0.4, -0.2) is 34.5 Å². The summed E-state index contributed by atoms with van der Waals surface area (Å²) in [6.45, 7) is 5.35. The molecule has 150 valence electrons. The molecule has 0 spiro atoms. The molecule has 0 aliphatic heterocycles. The second-order valence-corrected chi connectivity index (χ2v) is 6.67. The van der Waals surface area contributed by atoms with Crippen LogP contribution in [0.5, 0.6) is 0 Å². The average molecular weight is 390 g/mol. The van der Waals surface area contributed by atoms with Crippen molar-refractivity contribution in [2.75, 3.05) is 7.11 Å². The molecule has 0 saturated carbocycles. The van der Waals surface area contributed by atoms with Crippen LogP contribution in [0.4, 0.5) is 4.39 Å². The Bertz CT molecular complexity index is 942. The largest absolute Gasteiger partial charge is 0.469 e. The first-order valence-electron chi connectivity index (χ1n) is 8.73. The SMILES string of the molecule is COC(=O)Cc1[nH]n(-c2ccc(F)cc2)c(=O)c1/C(C)=N/NC(=O)CC(C)C. The Labute approximate surface area is 161 Å². The third kappa shape index (κ3) is 5.15. The van der Waals surface area contributed by atoms with Gasteiger partial charge in [-0.15, -0.1) is 0 Å². The molecule has 1 aromatic heterocycles. The maximum atomic E-state index is 13.2. The van der Waals surface area contributed by atoms with E-state index >= 15 is 0 Å². The van der Waals surface area contributed by atoms with Gasteiger partial charge < -0.3 is 4.74 Å². The molecule has 0 aliphatic rings. The quantitative estimate of drug-likeness (QED) is 0.428. The molecule has 0 radical (unpaired) electrons. The number of hydrazone groups is 1. The second-order valence-electron chi connectivity index (χ2n) is 6.67. The van der Waals surface area contributed by atoms with Crippen molar-refractivity contribution in [2.24, 2.45) is 11.0 Å². The van der Waals surface area contributed by atoms with Crippen LogP contribution in [0.3, 0.4) is 0 Å². The fraction of sp³-hybridized carbons (Fsp3) is 0.368. The number of rotatable bonds is 7. The lowest BCUT2D eigenvalue weighted by atomic mass is 10.1. The summed E-state index contributed by atoms with van der Waals surface area (Å²) in [5.41, 5.74) is 2.97. The molecule has 0 atom stereocenters. The van der Waals surface area contributed by atoms with Gasteiger partial charge in [-0.1, -0.05) is 13.8 Å². The Morgan fingerprint density at radius 1 is 1.29 bits per heavy atom. The summed E-state index contributed by atoms with van der Waals surface area (Å²) in [6, 6.07) is 5.29. The zero-order chi connectivity index (χ0) is 20.8. The number of aromatic amines is 1. The van der Waals surface area contributed by atoms with Gasteiger partial charge in [0.15, 0.2) is 0 Å². The number of H-pyrrole nitrogens is 1. The number of aromatic nitrogens is 2. The predicted molar refractivity (Wildman–Crippen MR) is 102 cm³/mol. The van der Waals surface area contributed by atoms with Crippen molar-refractivity contribution in [3.8, 4) is 5.69 Å². The van der Waals surface area contributed by atoms with Gasteiger partial charge in [-0.3, -0.25) is 19.5 Å². The molecular formula is C19H23FN4O4. The molecule has 2 aromatic rings. The first-order chi connectivity index (χ1) is 13.2. The minimum atomic E-state index is -0.551. The number of halogens is 1. The summed E-state index contributed by atoms with van der Waals surface area (Å²) >= 11 is 0. The molecule has 1 aromatic carbocycles. The van der Waals surface area contributed by atoms with Crippen molar-refractivity contribution >= 4 is 17.6 Å². The number of carbonyl (C=O) groups is 2. The van der Waals surface area contributed by atoms with Crippen molar-refractivity contribution in [1.82, 2.24) is 15.2 Å². The van der Waals surface area contributed by atoms with Gasteiger partial charge in [0.1, 0.15) is 5.82 Å². The number of hydrogen-bond acceptors (Lipinski definition) is 5. The number of esters is 1. The van der Waals surface area contributed by atoms with Crippen molar-refractivity contribution in [3.05, 3.63) is 51.7 Å². The summed E-state index contributed by atoms with van der Waals surface area (Å²) in [5.74, 6) is -1.11. The molecular weight excluding hydrogens is 367 g/mol. The van der Waals surface area contributed by atoms with Gasteiger partial charge >= 0.3 is 5.97 Å². The van der Waals surface area contributed by atoms with E-state index in [1.54, 1.807) is 6.92 Å². The molecule has 2 rings (SSSR count). The Balaban J connectivity index is 2.45. The highest BCUT2D eigenvalue weighted by atomic mass is 19.1. The maximum Gasteiger partial charge on any atom is 0.311 e. The van der Waals surface area contributed by atoms with Crippen molar-refractivity contribution in [1.29, 1.82) is 0 Å². The van der Waals surface area contributed by atoms with Crippen LogP contribution in [0.15, 0.2) is 34.2 Å². The molecule has 0 unspecified atom stereocenters. The van der Waals surface area contributed by atoms with E-state index in [1.165, 1.54) is 36.1 Å². The molecule has 9 heteroatoms. The Morgan fingerprint density at radius 3 is 2.50 bits per heavy atom. The topological polar surface area (TPSA) is 106 Å². The van der Waals surface area contributed by atoms with Gasteiger partial charge in [0.2, 0.25) is 5.91 Å². The van der Waals surface area contributed by atoms with Gasteiger partial charge in [0, 0.05) is 6.42 Å². The Hall–Kier alpha value is -3.23. The van der Waals surface area contributed by atoms with Crippen molar-refractivity contribution in [2.45, 2.75) is 33.6 Å². The summed E-state index contributed by atoms with van der Waals surface area (Å²) in [7, 11) is 1.24. The lowest BCUT2D eigenvalue weighted by Crippen LogP contribution is -2.24. The van der Waals surface area contributed by atoms with Crippen LogP contribution in [-0.2, 0) is 20.7 Å². The first kappa shape index (κ1) is 21.1. The van der Waals surface area contributed by atoms with Gasteiger partial charge in [-0.25, -0.2) is 14.5 Å².